The molecule has 3 aromatic heterocycles. The number of pyridine rings is 1. The highest BCUT2D eigenvalue weighted by Crippen LogP contribution is 2.30. The number of esters is 1. The van der Waals surface area contributed by atoms with Crippen LogP contribution in [0, 0.1) is 0 Å². The van der Waals surface area contributed by atoms with Crippen LogP contribution in [0.2, 0.25) is 0 Å². The van der Waals surface area contributed by atoms with E-state index in [0.717, 1.165) is 16.6 Å². The van der Waals surface area contributed by atoms with Crippen molar-refractivity contribution in [3.63, 3.8) is 0 Å². The maximum absolute atomic E-state index is 11.8. The van der Waals surface area contributed by atoms with Crippen LogP contribution < -0.4 is 10.1 Å². The fourth-order valence-corrected chi connectivity index (χ4v) is 3.10. The average molecular weight is 416 g/mol. The molecule has 31 heavy (non-hydrogen) atoms. The molecule has 0 saturated carbocycles. The number of benzene rings is 1. The molecule has 0 spiro atoms. The molecule has 9 nitrogen and oxygen atoms in total. The van der Waals surface area contributed by atoms with E-state index in [1.807, 2.05) is 36.4 Å². The molecular weight excluding hydrogens is 396 g/mol. The van der Waals surface area contributed by atoms with E-state index < -0.39 is 5.97 Å². The Labute approximate surface area is 178 Å². The van der Waals surface area contributed by atoms with Crippen LogP contribution in [-0.4, -0.2) is 44.9 Å². The highest BCUT2D eigenvalue weighted by molar-refractivity contribution is 5.93. The minimum absolute atomic E-state index is 0.186. The Hall–Kier alpha value is -4.27. The van der Waals surface area contributed by atoms with Crippen LogP contribution in [0.3, 0.4) is 0 Å². The van der Waals surface area contributed by atoms with Crippen molar-refractivity contribution in [2.75, 3.05) is 19.5 Å². The molecule has 1 aromatic carbocycles. The van der Waals surface area contributed by atoms with Crippen LogP contribution in [0.1, 0.15) is 0 Å². The quantitative estimate of drug-likeness (QED) is 0.361. The second-order valence-corrected chi connectivity index (χ2v) is 6.59. The lowest BCUT2D eigenvalue weighted by Gasteiger charge is -2.10. The van der Waals surface area contributed by atoms with E-state index in [2.05, 4.69) is 31.9 Å². The largest absolute Gasteiger partial charge is 0.491 e. The van der Waals surface area contributed by atoms with Gasteiger partial charge in [-0.15, -0.1) is 0 Å². The number of nitrogens with zero attached hydrogens (tertiary/aromatic N) is 5. The Kier molecular flexibility index (Phi) is 5.57. The highest BCUT2D eigenvalue weighted by atomic mass is 16.5. The number of nitrogens with one attached hydrogen (secondary N) is 1. The maximum atomic E-state index is 11.8. The van der Waals surface area contributed by atoms with Gasteiger partial charge in [-0.05, 0) is 18.2 Å². The number of aromatic nitrogens is 5. The zero-order valence-corrected chi connectivity index (χ0v) is 17.1. The minimum atomic E-state index is -0.481. The van der Waals surface area contributed by atoms with Crippen LogP contribution in [0.15, 0.2) is 67.1 Å². The molecule has 0 radical (unpaired) electrons. The van der Waals surface area contributed by atoms with Gasteiger partial charge in [0.15, 0.2) is 17.4 Å². The van der Waals surface area contributed by atoms with Gasteiger partial charge in [0.25, 0.3) is 0 Å². The Balaban J connectivity index is 1.77. The van der Waals surface area contributed by atoms with E-state index in [1.54, 1.807) is 30.4 Å². The third kappa shape index (κ3) is 4.06. The van der Waals surface area contributed by atoms with E-state index in [-0.39, 0.29) is 12.1 Å². The molecule has 0 aliphatic rings. The number of hydrogen-bond donors (Lipinski definition) is 1. The third-order valence-corrected chi connectivity index (χ3v) is 4.60. The van der Waals surface area contributed by atoms with Crippen LogP contribution in [0.5, 0.6) is 5.75 Å². The molecule has 4 rings (SSSR count). The molecule has 0 aliphatic carbocycles. The van der Waals surface area contributed by atoms with Gasteiger partial charge in [-0.1, -0.05) is 24.8 Å². The Morgan fingerprint density at radius 3 is 2.68 bits per heavy atom. The lowest BCUT2D eigenvalue weighted by molar-refractivity contribution is -0.136. The van der Waals surface area contributed by atoms with Gasteiger partial charge in [0.2, 0.25) is 0 Å². The summed E-state index contributed by atoms with van der Waals surface area (Å²) >= 11 is 0. The van der Waals surface area contributed by atoms with Gasteiger partial charge in [0.05, 0.1) is 38.1 Å². The lowest BCUT2D eigenvalue weighted by atomic mass is 10.2. The zero-order chi connectivity index (χ0) is 21.8. The monoisotopic (exact) mass is 416 g/mol. The third-order valence-electron chi connectivity index (χ3n) is 4.60. The van der Waals surface area contributed by atoms with Crippen molar-refractivity contribution < 1.29 is 14.3 Å². The van der Waals surface area contributed by atoms with Crippen LogP contribution in [0.25, 0.3) is 22.4 Å². The van der Waals surface area contributed by atoms with E-state index in [1.165, 1.54) is 7.11 Å². The van der Waals surface area contributed by atoms with Gasteiger partial charge in [-0.3, -0.25) is 9.67 Å². The number of para-hydroxylation sites is 1. The molecule has 156 valence electrons. The van der Waals surface area contributed by atoms with Crippen LogP contribution in [-0.2, 0) is 16.1 Å². The van der Waals surface area contributed by atoms with Crippen molar-refractivity contribution in [3.05, 3.63) is 67.1 Å². The number of anilines is 2. The zero-order valence-electron chi connectivity index (χ0n) is 17.1. The molecule has 3 heterocycles. The van der Waals surface area contributed by atoms with Gasteiger partial charge in [0, 0.05) is 23.5 Å². The molecule has 1 N–H and O–H groups in total. The predicted molar refractivity (Wildman–Crippen MR) is 116 cm³/mol. The molecule has 0 saturated heterocycles. The summed E-state index contributed by atoms with van der Waals surface area (Å²) in [6, 6.07) is 11.3. The Bertz CT molecular complexity index is 1250. The second kappa shape index (κ2) is 8.62. The van der Waals surface area contributed by atoms with E-state index >= 15 is 0 Å². The number of carbonyl (C=O) groups is 1. The lowest BCUT2D eigenvalue weighted by Crippen LogP contribution is -2.11. The first-order valence-electron chi connectivity index (χ1n) is 9.40. The van der Waals surface area contributed by atoms with Crippen molar-refractivity contribution in [2.45, 2.75) is 6.54 Å². The van der Waals surface area contributed by atoms with Crippen LogP contribution >= 0.6 is 0 Å². The van der Waals surface area contributed by atoms with Crippen LogP contribution in [0.4, 0.5) is 11.5 Å². The van der Waals surface area contributed by atoms with E-state index in [0.29, 0.717) is 23.1 Å². The first kappa shape index (κ1) is 20.0. The molecule has 0 atom stereocenters. The molecular formula is C22H20N6O3. The van der Waals surface area contributed by atoms with Gasteiger partial charge >= 0.3 is 5.97 Å². The number of methoxy groups -OCH3 is 2. The smallest absolute Gasteiger partial charge is 0.335 e. The fraction of sp³-hybridized carbons (Fsp3) is 0.136. The predicted octanol–water partition coefficient (Wildman–Crippen LogP) is 3.37. The summed E-state index contributed by atoms with van der Waals surface area (Å²) in [5, 5.41) is 8.73. The molecule has 0 aliphatic heterocycles. The average Bonchev–Trinajstić information content (AvgIpc) is 3.17. The van der Waals surface area contributed by atoms with Crippen molar-refractivity contribution >= 4 is 28.4 Å². The standard InChI is InChI=1S/C22H20N6O3/c1-14(22(29)31-3)13-28-17-7-5-4-6-16(17)19(27-28)21-24-12-18(30-2)20(26-21)25-15-8-10-23-11-9-15/h4-12H,1,13H2,2-3H3,(H,23,24,25,26). The summed E-state index contributed by atoms with van der Waals surface area (Å²) < 4.78 is 11.8. The number of fused-ring (bicyclic) bond motifs is 1. The molecule has 0 amide bonds. The molecule has 0 bridgehead atoms. The highest BCUT2D eigenvalue weighted by Gasteiger charge is 2.18. The summed E-state index contributed by atoms with van der Waals surface area (Å²) in [5.41, 5.74) is 2.50. The Morgan fingerprint density at radius 1 is 1.16 bits per heavy atom. The van der Waals surface area contributed by atoms with Gasteiger partial charge in [0.1, 0.15) is 5.69 Å². The summed E-state index contributed by atoms with van der Waals surface area (Å²) in [6.07, 6.45) is 4.95. The SMILES string of the molecule is C=C(Cn1nc(-c2ncc(OC)c(Nc3ccncc3)n2)c2ccccc21)C(=O)OC. The van der Waals surface area contributed by atoms with Crippen molar-refractivity contribution in [3.8, 4) is 17.3 Å². The normalized spacial score (nSPS) is 10.6. The van der Waals surface area contributed by atoms with E-state index in [9.17, 15) is 4.79 Å². The summed E-state index contributed by atoms with van der Waals surface area (Å²) in [6.45, 7) is 3.98. The number of rotatable bonds is 7. The molecule has 4 aromatic rings. The number of ether oxygens (including phenoxy) is 2. The molecule has 0 unspecified atom stereocenters. The topological polar surface area (TPSA) is 104 Å². The van der Waals surface area contributed by atoms with E-state index in [4.69, 9.17) is 9.47 Å². The van der Waals surface area contributed by atoms with Crippen molar-refractivity contribution in [1.29, 1.82) is 0 Å². The Morgan fingerprint density at radius 2 is 1.94 bits per heavy atom. The van der Waals surface area contributed by atoms with Gasteiger partial charge in [-0.25, -0.2) is 14.8 Å². The summed E-state index contributed by atoms with van der Waals surface area (Å²) in [7, 11) is 2.88. The summed E-state index contributed by atoms with van der Waals surface area (Å²) in [5.74, 6) is 0.918. The van der Waals surface area contributed by atoms with Gasteiger partial charge < -0.3 is 14.8 Å². The van der Waals surface area contributed by atoms with Gasteiger partial charge in [-0.2, -0.15) is 5.10 Å². The first-order chi connectivity index (χ1) is 15.1. The van der Waals surface area contributed by atoms with Crippen molar-refractivity contribution in [1.82, 2.24) is 24.7 Å². The first-order valence-corrected chi connectivity index (χ1v) is 9.40. The fourth-order valence-electron chi connectivity index (χ4n) is 3.10. The maximum Gasteiger partial charge on any atom is 0.335 e. The molecule has 0 fully saturated rings. The molecule has 9 heteroatoms. The number of hydrogen-bond acceptors (Lipinski definition) is 8. The second-order valence-electron chi connectivity index (χ2n) is 6.59. The van der Waals surface area contributed by atoms with Crippen molar-refractivity contribution in [2.24, 2.45) is 0 Å². The minimum Gasteiger partial charge on any atom is -0.491 e. The summed E-state index contributed by atoms with van der Waals surface area (Å²) in [4.78, 5) is 24.9. The number of carbonyl (C=O) groups excluding carboxylic acids is 1.